The van der Waals surface area contributed by atoms with Crippen molar-refractivity contribution in [2.75, 3.05) is 6.54 Å². The summed E-state index contributed by atoms with van der Waals surface area (Å²) in [5.41, 5.74) is 1.99. The van der Waals surface area contributed by atoms with Crippen LogP contribution in [0.2, 0.25) is 0 Å². The van der Waals surface area contributed by atoms with Gasteiger partial charge in [0.1, 0.15) is 17.5 Å². The lowest BCUT2D eigenvalue weighted by molar-refractivity contribution is 0.239. The molecule has 23 heavy (non-hydrogen) atoms. The second kappa shape index (κ2) is 6.20. The molecule has 6 heteroatoms. The van der Waals surface area contributed by atoms with Crippen molar-refractivity contribution in [3.63, 3.8) is 0 Å². The quantitative estimate of drug-likeness (QED) is 0.946. The van der Waals surface area contributed by atoms with Crippen molar-refractivity contribution in [3.05, 3.63) is 62.8 Å². The fraction of sp³-hybridized carbons (Fsp3) is 0.412. The van der Waals surface area contributed by atoms with E-state index in [1.807, 2.05) is 18.7 Å². The van der Waals surface area contributed by atoms with Crippen molar-refractivity contribution in [2.24, 2.45) is 0 Å². The van der Waals surface area contributed by atoms with Crippen LogP contribution in [0.15, 0.2) is 23.0 Å². The zero-order chi connectivity index (χ0) is 16.6. The first kappa shape index (κ1) is 15.8. The molecule has 0 fully saturated rings. The monoisotopic (exact) mass is 319 g/mol. The number of hydrogen-bond donors (Lipinski definition) is 1. The van der Waals surface area contributed by atoms with Crippen LogP contribution < -0.4 is 5.56 Å². The molecule has 0 amide bonds. The Morgan fingerprint density at radius 3 is 2.61 bits per heavy atom. The lowest BCUT2D eigenvalue weighted by atomic mass is 10.0. The number of H-pyrrole nitrogens is 1. The van der Waals surface area contributed by atoms with E-state index in [4.69, 9.17) is 0 Å². The molecule has 4 nitrogen and oxygen atoms in total. The maximum Gasteiger partial charge on any atom is 0.254 e. The van der Waals surface area contributed by atoms with Crippen LogP contribution in [0.3, 0.4) is 0 Å². The Labute approximate surface area is 133 Å². The van der Waals surface area contributed by atoms with Crippen LogP contribution in [0.1, 0.15) is 42.4 Å². The molecule has 0 atom stereocenters. The van der Waals surface area contributed by atoms with Gasteiger partial charge in [-0.1, -0.05) is 13.8 Å². The highest BCUT2D eigenvalue weighted by Crippen LogP contribution is 2.19. The Kier molecular flexibility index (Phi) is 4.26. The van der Waals surface area contributed by atoms with Crippen LogP contribution in [0.5, 0.6) is 0 Å². The largest absolute Gasteiger partial charge is 0.310 e. The van der Waals surface area contributed by atoms with Gasteiger partial charge in [-0.2, -0.15) is 0 Å². The summed E-state index contributed by atoms with van der Waals surface area (Å²) in [4.78, 5) is 21.6. The minimum Gasteiger partial charge on any atom is -0.310 e. The van der Waals surface area contributed by atoms with Gasteiger partial charge in [-0.3, -0.25) is 9.69 Å². The maximum absolute atomic E-state index is 13.3. The predicted octanol–water partition coefficient (Wildman–Crippen LogP) is 2.73. The summed E-state index contributed by atoms with van der Waals surface area (Å²) in [5.74, 6) is -0.337. The average Bonchev–Trinajstić information content (AvgIpc) is 2.45. The molecule has 1 aliphatic rings. The lowest BCUT2D eigenvalue weighted by Crippen LogP contribution is -2.35. The van der Waals surface area contributed by atoms with Gasteiger partial charge in [-0.25, -0.2) is 13.8 Å². The average molecular weight is 319 g/mol. The van der Waals surface area contributed by atoms with Gasteiger partial charge in [0.15, 0.2) is 0 Å². The fourth-order valence-corrected chi connectivity index (χ4v) is 2.88. The summed E-state index contributed by atoms with van der Waals surface area (Å²) in [6.07, 6.45) is 0.591. The van der Waals surface area contributed by atoms with Crippen LogP contribution in [-0.4, -0.2) is 21.4 Å². The molecular formula is C17H19F2N3O. The Bertz CT molecular complexity index is 766. The Morgan fingerprint density at radius 1 is 1.26 bits per heavy atom. The van der Waals surface area contributed by atoms with Crippen LogP contribution in [0, 0.1) is 11.6 Å². The second-order valence-electron chi connectivity index (χ2n) is 6.27. The molecule has 0 saturated heterocycles. The van der Waals surface area contributed by atoms with E-state index in [9.17, 15) is 13.6 Å². The van der Waals surface area contributed by atoms with Crippen molar-refractivity contribution in [1.82, 2.24) is 14.9 Å². The van der Waals surface area contributed by atoms with Gasteiger partial charge >= 0.3 is 0 Å². The van der Waals surface area contributed by atoms with Crippen LogP contribution in [0.4, 0.5) is 8.78 Å². The number of fused-ring (bicyclic) bond motifs is 1. The molecule has 0 spiro atoms. The number of aromatic amines is 1. The molecule has 0 radical (unpaired) electrons. The lowest BCUT2D eigenvalue weighted by Gasteiger charge is -2.28. The Hall–Kier alpha value is -2.08. The molecule has 3 rings (SSSR count). The van der Waals surface area contributed by atoms with Gasteiger partial charge in [0.05, 0.1) is 5.69 Å². The summed E-state index contributed by atoms with van der Waals surface area (Å²) >= 11 is 0. The normalized spacial score (nSPS) is 15.0. The van der Waals surface area contributed by atoms with Gasteiger partial charge in [-0.05, 0) is 24.1 Å². The number of halogens is 2. The third-order valence-electron chi connectivity index (χ3n) is 4.05. The first-order valence-corrected chi connectivity index (χ1v) is 7.71. The smallest absolute Gasteiger partial charge is 0.254 e. The number of hydrogen-bond acceptors (Lipinski definition) is 3. The predicted molar refractivity (Wildman–Crippen MR) is 83.1 cm³/mol. The summed E-state index contributed by atoms with van der Waals surface area (Å²) in [6.45, 7) is 5.55. The van der Waals surface area contributed by atoms with Crippen LogP contribution >= 0.6 is 0 Å². The van der Waals surface area contributed by atoms with E-state index in [1.54, 1.807) is 0 Å². The van der Waals surface area contributed by atoms with Gasteiger partial charge in [0.2, 0.25) is 0 Å². The first-order chi connectivity index (χ1) is 10.9. The summed E-state index contributed by atoms with van der Waals surface area (Å²) in [6, 6.07) is 3.54. The molecule has 1 aromatic carbocycles. The summed E-state index contributed by atoms with van der Waals surface area (Å²) < 4.78 is 26.6. The number of rotatable bonds is 3. The Morgan fingerprint density at radius 2 is 1.96 bits per heavy atom. The van der Waals surface area contributed by atoms with Gasteiger partial charge in [0, 0.05) is 37.2 Å². The van der Waals surface area contributed by atoms with Crippen LogP contribution in [-0.2, 0) is 19.5 Å². The molecule has 1 aliphatic heterocycles. The highest BCUT2D eigenvalue weighted by atomic mass is 19.1. The SMILES string of the molecule is CC(C)c1nc2c(c(=O)[nH]1)CCN(Cc1cc(F)cc(F)c1)C2. The van der Waals surface area contributed by atoms with Crippen molar-refractivity contribution < 1.29 is 8.78 Å². The minimum absolute atomic E-state index is 0.0739. The van der Waals surface area contributed by atoms with E-state index in [0.29, 0.717) is 37.4 Å². The Balaban J connectivity index is 1.83. The summed E-state index contributed by atoms with van der Waals surface area (Å²) in [5, 5.41) is 0. The highest BCUT2D eigenvalue weighted by Gasteiger charge is 2.22. The van der Waals surface area contributed by atoms with E-state index in [0.717, 1.165) is 17.3 Å². The highest BCUT2D eigenvalue weighted by molar-refractivity contribution is 5.23. The zero-order valence-corrected chi connectivity index (χ0v) is 13.2. The zero-order valence-electron chi connectivity index (χ0n) is 13.2. The molecule has 122 valence electrons. The molecule has 0 aliphatic carbocycles. The van der Waals surface area contributed by atoms with Gasteiger partial charge < -0.3 is 4.98 Å². The molecular weight excluding hydrogens is 300 g/mol. The van der Waals surface area contributed by atoms with E-state index in [2.05, 4.69) is 9.97 Å². The maximum atomic E-state index is 13.3. The van der Waals surface area contributed by atoms with Gasteiger partial charge in [0.25, 0.3) is 5.56 Å². The van der Waals surface area contributed by atoms with Crippen molar-refractivity contribution in [3.8, 4) is 0 Å². The minimum atomic E-state index is -0.575. The third kappa shape index (κ3) is 3.47. The van der Waals surface area contributed by atoms with E-state index in [-0.39, 0.29) is 11.5 Å². The topological polar surface area (TPSA) is 49.0 Å². The van der Waals surface area contributed by atoms with Crippen molar-refractivity contribution in [1.29, 1.82) is 0 Å². The molecule has 2 heterocycles. The van der Waals surface area contributed by atoms with E-state index >= 15 is 0 Å². The number of benzene rings is 1. The standard InChI is InChI=1S/C17H19F2N3O/c1-10(2)16-20-15-9-22(4-3-14(15)17(23)21-16)8-11-5-12(18)7-13(19)6-11/h5-7,10H,3-4,8-9H2,1-2H3,(H,20,21,23). The van der Waals surface area contributed by atoms with Crippen molar-refractivity contribution in [2.45, 2.75) is 39.3 Å². The van der Waals surface area contributed by atoms with Crippen molar-refractivity contribution >= 4 is 0 Å². The molecule has 2 aromatic rings. The fourth-order valence-electron chi connectivity index (χ4n) is 2.88. The first-order valence-electron chi connectivity index (χ1n) is 7.71. The molecule has 0 saturated carbocycles. The molecule has 1 N–H and O–H groups in total. The van der Waals surface area contributed by atoms with E-state index in [1.165, 1.54) is 12.1 Å². The van der Waals surface area contributed by atoms with E-state index < -0.39 is 11.6 Å². The second-order valence-corrected chi connectivity index (χ2v) is 6.27. The molecule has 0 bridgehead atoms. The number of nitrogens with zero attached hydrogens (tertiary/aromatic N) is 2. The van der Waals surface area contributed by atoms with Crippen LogP contribution in [0.25, 0.3) is 0 Å². The summed E-state index contributed by atoms with van der Waals surface area (Å²) in [7, 11) is 0. The van der Waals surface area contributed by atoms with Gasteiger partial charge in [-0.15, -0.1) is 0 Å². The third-order valence-corrected chi connectivity index (χ3v) is 4.05. The number of aromatic nitrogens is 2. The molecule has 0 unspecified atom stereocenters. The number of nitrogens with one attached hydrogen (secondary N) is 1. The molecule has 1 aromatic heterocycles.